The van der Waals surface area contributed by atoms with Crippen molar-refractivity contribution in [1.29, 1.82) is 0 Å². The summed E-state index contributed by atoms with van der Waals surface area (Å²) in [5, 5.41) is 5.63. The number of anilines is 2. The molecule has 0 aliphatic rings. The quantitative estimate of drug-likeness (QED) is 0.533. The van der Waals surface area contributed by atoms with Gasteiger partial charge in [0.25, 0.3) is 5.91 Å². The smallest absolute Gasteiger partial charge is 0.406 e. The van der Waals surface area contributed by atoms with E-state index in [4.69, 9.17) is 0 Å². The Hall–Kier alpha value is -3.53. The van der Waals surface area contributed by atoms with Crippen molar-refractivity contribution in [2.24, 2.45) is 0 Å². The zero-order valence-electron chi connectivity index (χ0n) is 16.1. The van der Waals surface area contributed by atoms with Crippen molar-refractivity contribution in [1.82, 2.24) is 4.98 Å². The fourth-order valence-electron chi connectivity index (χ4n) is 2.54. The summed E-state index contributed by atoms with van der Waals surface area (Å²) >= 11 is 1.23. The van der Waals surface area contributed by atoms with Gasteiger partial charge in [-0.3, -0.25) is 9.59 Å². The van der Waals surface area contributed by atoms with E-state index in [9.17, 15) is 22.8 Å². The molecule has 2 amide bonds. The first-order valence-corrected chi connectivity index (χ1v) is 9.69. The Morgan fingerprint density at radius 2 is 1.71 bits per heavy atom. The van der Waals surface area contributed by atoms with Crippen molar-refractivity contribution in [3.8, 4) is 5.75 Å². The minimum Gasteiger partial charge on any atom is -0.406 e. The number of amides is 2. The Morgan fingerprint density at radius 3 is 2.39 bits per heavy atom. The van der Waals surface area contributed by atoms with Crippen LogP contribution in [-0.4, -0.2) is 23.2 Å². The summed E-state index contributed by atoms with van der Waals surface area (Å²) < 4.78 is 41.1. The largest absolute Gasteiger partial charge is 0.573 e. The van der Waals surface area contributed by atoms with Gasteiger partial charge in [-0.05, 0) is 48.5 Å². The van der Waals surface area contributed by atoms with E-state index >= 15 is 0 Å². The number of alkyl halides is 3. The van der Waals surface area contributed by atoms with Gasteiger partial charge in [0.2, 0.25) is 5.91 Å². The standard InChI is InChI=1S/C21H16F3N3O3S/c1-13(28)26-14-7-9-17(10-8-14)31-20-18(6-3-11-25-20)19(29)27-15-4-2-5-16(12-15)30-21(22,23)24/h2-12H,1H3,(H,26,28)(H,27,29). The Balaban J connectivity index is 1.75. The number of pyridine rings is 1. The monoisotopic (exact) mass is 447 g/mol. The molecule has 0 bridgehead atoms. The molecule has 1 heterocycles. The Kier molecular flexibility index (Phi) is 6.81. The number of hydrogen-bond acceptors (Lipinski definition) is 5. The second-order valence-corrected chi connectivity index (χ2v) is 7.26. The van der Waals surface area contributed by atoms with Crippen molar-refractivity contribution < 1.29 is 27.5 Å². The molecule has 2 N–H and O–H groups in total. The van der Waals surface area contributed by atoms with Crippen LogP contribution in [0.4, 0.5) is 24.5 Å². The lowest BCUT2D eigenvalue weighted by molar-refractivity contribution is -0.274. The highest BCUT2D eigenvalue weighted by Crippen LogP contribution is 2.30. The number of nitrogens with zero attached hydrogens (tertiary/aromatic N) is 1. The van der Waals surface area contributed by atoms with Crippen molar-refractivity contribution in [3.63, 3.8) is 0 Å². The lowest BCUT2D eigenvalue weighted by atomic mass is 10.2. The van der Waals surface area contributed by atoms with Crippen molar-refractivity contribution in [2.45, 2.75) is 23.2 Å². The predicted octanol–water partition coefficient (Wildman–Crippen LogP) is 5.34. The Morgan fingerprint density at radius 1 is 0.968 bits per heavy atom. The molecule has 31 heavy (non-hydrogen) atoms. The molecule has 0 radical (unpaired) electrons. The van der Waals surface area contributed by atoms with Crippen LogP contribution < -0.4 is 15.4 Å². The van der Waals surface area contributed by atoms with Crippen LogP contribution in [0, 0.1) is 0 Å². The molecule has 2 aromatic carbocycles. The Bertz CT molecular complexity index is 1090. The maximum absolute atomic E-state index is 12.7. The van der Waals surface area contributed by atoms with Crippen molar-refractivity contribution >= 4 is 35.0 Å². The molecule has 0 aliphatic carbocycles. The first-order valence-electron chi connectivity index (χ1n) is 8.87. The predicted molar refractivity (Wildman–Crippen MR) is 110 cm³/mol. The average molecular weight is 447 g/mol. The molecule has 160 valence electrons. The van der Waals surface area contributed by atoms with E-state index in [1.54, 1.807) is 36.4 Å². The second kappa shape index (κ2) is 9.52. The number of halogens is 3. The van der Waals surface area contributed by atoms with Gasteiger partial charge in [-0.25, -0.2) is 4.98 Å². The number of rotatable bonds is 6. The van der Waals surface area contributed by atoms with Crippen LogP contribution in [0.5, 0.6) is 5.75 Å². The minimum atomic E-state index is -4.83. The topological polar surface area (TPSA) is 80.3 Å². The van der Waals surface area contributed by atoms with E-state index in [-0.39, 0.29) is 17.2 Å². The fourth-order valence-corrected chi connectivity index (χ4v) is 3.42. The zero-order valence-corrected chi connectivity index (χ0v) is 16.9. The first kappa shape index (κ1) is 22.2. The lowest BCUT2D eigenvalue weighted by Crippen LogP contribution is -2.17. The maximum atomic E-state index is 12.7. The van der Waals surface area contributed by atoms with Gasteiger partial charge < -0.3 is 15.4 Å². The molecule has 0 saturated heterocycles. The van der Waals surface area contributed by atoms with Crippen LogP contribution in [0.25, 0.3) is 0 Å². The highest BCUT2D eigenvalue weighted by molar-refractivity contribution is 7.99. The summed E-state index contributed by atoms with van der Waals surface area (Å²) in [4.78, 5) is 28.8. The van der Waals surface area contributed by atoms with E-state index in [0.717, 1.165) is 17.0 Å². The van der Waals surface area contributed by atoms with Gasteiger partial charge in [0.05, 0.1) is 5.56 Å². The van der Waals surface area contributed by atoms with Crippen LogP contribution in [0.2, 0.25) is 0 Å². The number of carbonyl (C=O) groups excluding carboxylic acids is 2. The van der Waals surface area contributed by atoms with Gasteiger partial charge in [-0.15, -0.1) is 13.2 Å². The van der Waals surface area contributed by atoms with Crippen LogP contribution in [0.3, 0.4) is 0 Å². The lowest BCUT2D eigenvalue weighted by Gasteiger charge is -2.12. The molecular weight excluding hydrogens is 431 g/mol. The third kappa shape index (κ3) is 6.75. The number of aromatic nitrogens is 1. The number of nitrogens with one attached hydrogen (secondary N) is 2. The highest BCUT2D eigenvalue weighted by Gasteiger charge is 2.31. The number of hydrogen-bond donors (Lipinski definition) is 2. The van der Waals surface area contributed by atoms with Gasteiger partial charge in [0.1, 0.15) is 10.8 Å². The summed E-state index contributed by atoms with van der Waals surface area (Å²) in [6.45, 7) is 1.41. The van der Waals surface area contributed by atoms with E-state index in [2.05, 4.69) is 20.4 Å². The van der Waals surface area contributed by atoms with E-state index < -0.39 is 18.0 Å². The maximum Gasteiger partial charge on any atom is 0.573 e. The van der Waals surface area contributed by atoms with Gasteiger partial charge in [-0.2, -0.15) is 0 Å². The first-order chi connectivity index (χ1) is 14.7. The van der Waals surface area contributed by atoms with Gasteiger partial charge >= 0.3 is 6.36 Å². The molecule has 0 fully saturated rings. The van der Waals surface area contributed by atoms with Gasteiger partial charge in [0.15, 0.2) is 0 Å². The zero-order chi connectivity index (χ0) is 22.4. The summed E-state index contributed by atoms with van der Waals surface area (Å²) in [5.41, 5.74) is 1.03. The fraction of sp³-hybridized carbons (Fsp3) is 0.0952. The van der Waals surface area contributed by atoms with Crippen LogP contribution in [0.1, 0.15) is 17.3 Å². The van der Waals surface area contributed by atoms with Gasteiger partial charge in [0, 0.05) is 35.5 Å². The number of ether oxygens (including phenoxy) is 1. The molecule has 0 saturated carbocycles. The second-order valence-electron chi connectivity index (χ2n) is 6.19. The van der Waals surface area contributed by atoms with E-state index in [1.807, 2.05) is 0 Å². The molecule has 0 atom stereocenters. The van der Waals surface area contributed by atoms with Crippen LogP contribution >= 0.6 is 11.8 Å². The molecule has 0 spiro atoms. The summed E-state index contributed by atoms with van der Waals surface area (Å²) in [7, 11) is 0. The molecule has 0 aliphatic heterocycles. The molecule has 3 aromatic rings. The SMILES string of the molecule is CC(=O)Nc1ccc(Sc2ncccc2C(=O)Nc2cccc(OC(F)(F)F)c2)cc1. The summed E-state index contributed by atoms with van der Waals surface area (Å²) in [6, 6.07) is 15.1. The van der Waals surface area contributed by atoms with E-state index in [1.165, 1.54) is 37.0 Å². The summed E-state index contributed by atoms with van der Waals surface area (Å²) in [5.74, 6) is -1.16. The van der Waals surface area contributed by atoms with Crippen molar-refractivity contribution in [3.05, 3.63) is 72.4 Å². The van der Waals surface area contributed by atoms with Crippen molar-refractivity contribution in [2.75, 3.05) is 10.6 Å². The third-order valence-electron chi connectivity index (χ3n) is 3.73. The van der Waals surface area contributed by atoms with Crippen LogP contribution in [-0.2, 0) is 4.79 Å². The third-order valence-corrected chi connectivity index (χ3v) is 4.76. The van der Waals surface area contributed by atoms with E-state index in [0.29, 0.717) is 10.7 Å². The number of carbonyl (C=O) groups is 2. The number of benzene rings is 2. The Labute approximate surface area is 179 Å². The average Bonchev–Trinajstić information content (AvgIpc) is 2.68. The molecule has 10 heteroatoms. The minimum absolute atomic E-state index is 0.145. The normalized spacial score (nSPS) is 11.0. The highest BCUT2D eigenvalue weighted by atomic mass is 32.2. The molecule has 0 unspecified atom stereocenters. The summed E-state index contributed by atoms with van der Waals surface area (Å²) in [6.07, 6.45) is -3.30. The molecular formula is C21H16F3N3O3S. The molecule has 3 rings (SSSR count). The van der Waals surface area contributed by atoms with Gasteiger partial charge in [-0.1, -0.05) is 17.8 Å². The van der Waals surface area contributed by atoms with Crippen LogP contribution in [0.15, 0.2) is 76.8 Å². The molecule has 6 nitrogen and oxygen atoms in total. The molecule has 1 aromatic heterocycles.